The van der Waals surface area contributed by atoms with Gasteiger partial charge in [0.25, 0.3) is 11.8 Å². The molecule has 0 unspecified atom stereocenters. The number of furan rings is 1. The zero-order valence-corrected chi connectivity index (χ0v) is 16.6. The van der Waals surface area contributed by atoms with E-state index in [4.69, 9.17) is 4.42 Å². The monoisotopic (exact) mass is 438 g/mol. The second-order valence-corrected chi connectivity index (χ2v) is 6.95. The lowest BCUT2D eigenvalue weighted by atomic mass is 10.1. The molecular weight excluding hydrogens is 420 g/mol. The molecule has 28 heavy (non-hydrogen) atoms. The lowest BCUT2D eigenvalue weighted by Crippen LogP contribution is -2.35. The molecule has 142 valence electrons. The van der Waals surface area contributed by atoms with Gasteiger partial charge in [-0.15, -0.1) is 0 Å². The third kappa shape index (κ3) is 5.69. The lowest BCUT2D eigenvalue weighted by molar-refractivity contribution is -0.117. The van der Waals surface area contributed by atoms with Gasteiger partial charge in [-0.1, -0.05) is 52.3 Å². The number of hydrogen-bond donors (Lipinski definition) is 2. The first-order valence-corrected chi connectivity index (χ1v) is 9.55. The topological polar surface area (TPSA) is 71.3 Å². The molecule has 2 amide bonds. The summed E-state index contributed by atoms with van der Waals surface area (Å²) in [7, 11) is 0. The van der Waals surface area contributed by atoms with E-state index in [1.165, 1.54) is 12.3 Å². The maximum absolute atomic E-state index is 12.6. The third-order valence-electron chi connectivity index (χ3n) is 3.95. The fourth-order valence-electron chi connectivity index (χ4n) is 2.56. The van der Waals surface area contributed by atoms with Crippen LogP contribution in [0, 0.1) is 0 Å². The van der Waals surface area contributed by atoms with Gasteiger partial charge in [0.15, 0.2) is 0 Å². The molecule has 0 aliphatic carbocycles. The van der Waals surface area contributed by atoms with E-state index in [1.807, 2.05) is 36.4 Å². The average molecular weight is 439 g/mol. The highest BCUT2D eigenvalue weighted by Crippen LogP contribution is 2.13. The van der Waals surface area contributed by atoms with Crippen LogP contribution in [0.25, 0.3) is 6.08 Å². The number of carbonyl (C=O) groups excluding carboxylic acids is 2. The Morgan fingerprint density at radius 1 is 1.00 bits per heavy atom. The van der Waals surface area contributed by atoms with Crippen LogP contribution in [0.5, 0.6) is 0 Å². The first kappa shape index (κ1) is 19.6. The maximum atomic E-state index is 12.6. The molecule has 0 bridgehead atoms. The largest absolute Gasteiger partial charge is 0.465 e. The quantitative estimate of drug-likeness (QED) is 0.543. The highest BCUT2D eigenvalue weighted by molar-refractivity contribution is 9.10. The van der Waals surface area contributed by atoms with Crippen LogP contribution in [-0.4, -0.2) is 18.4 Å². The minimum absolute atomic E-state index is 0.119. The fraction of sp³-hybridized carbons (Fsp3) is 0.0909. The van der Waals surface area contributed by atoms with Gasteiger partial charge in [0.2, 0.25) is 0 Å². The Balaban J connectivity index is 1.69. The molecule has 0 atom stereocenters. The van der Waals surface area contributed by atoms with E-state index in [-0.39, 0.29) is 17.5 Å². The molecule has 5 nitrogen and oxygen atoms in total. The summed E-state index contributed by atoms with van der Waals surface area (Å²) in [5.74, 6) is -0.282. The van der Waals surface area contributed by atoms with E-state index in [1.54, 1.807) is 30.3 Å². The van der Waals surface area contributed by atoms with E-state index in [9.17, 15) is 9.59 Å². The number of rotatable bonds is 7. The SMILES string of the molecule is O=C(NCCc1ccccc1)C(=Cc1ccco1)NC(=O)c1cccc(Br)c1. The molecule has 0 radical (unpaired) electrons. The molecule has 0 fully saturated rings. The molecule has 3 rings (SSSR count). The second kappa shape index (κ2) is 9.71. The summed E-state index contributed by atoms with van der Waals surface area (Å²) >= 11 is 3.34. The smallest absolute Gasteiger partial charge is 0.267 e. The van der Waals surface area contributed by atoms with Crippen molar-refractivity contribution in [2.24, 2.45) is 0 Å². The molecule has 6 heteroatoms. The number of benzene rings is 2. The van der Waals surface area contributed by atoms with Crippen LogP contribution in [0.4, 0.5) is 0 Å². The van der Waals surface area contributed by atoms with Crippen LogP contribution in [0.2, 0.25) is 0 Å². The molecule has 0 aliphatic rings. The second-order valence-electron chi connectivity index (χ2n) is 6.03. The van der Waals surface area contributed by atoms with E-state index < -0.39 is 0 Å². The Bertz CT molecular complexity index is 966. The summed E-state index contributed by atoms with van der Waals surface area (Å²) in [6.07, 6.45) is 3.71. The molecule has 0 saturated heterocycles. The number of halogens is 1. The van der Waals surface area contributed by atoms with Gasteiger partial charge in [-0.3, -0.25) is 9.59 Å². The summed E-state index contributed by atoms with van der Waals surface area (Å²) in [4.78, 5) is 25.2. The standard InChI is InChI=1S/C22H19BrN2O3/c23-18-9-4-8-17(14-18)21(26)25-20(15-19-10-5-13-28-19)22(27)24-12-11-16-6-2-1-3-7-16/h1-10,13-15H,11-12H2,(H,24,27)(H,25,26). The Hall–Kier alpha value is -3.12. The number of amides is 2. The van der Waals surface area contributed by atoms with Gasteiger partial charge >= 0.3 is 0 Å². The van der Waals surface area contributed by atoms with Gasteiger partial charge in [-0.2, -0.15) is 0 Å². The highest BCUT2D eigenvalue weighted by atomic mass is 79.9. The van der Waals surface area contributed by atoms with Crippen LogP contribution in [0.15, 0.2) is 87.6 Å². The van der Waals surface area contributed by atoms with Crippen molar-refractivity contribution in [2.45, 2.75) is 6.42 Å². The predicted octanol–water partition coefficient (Wildman–Crippen LogP) is 4.17. The van der Waals surface area contributed by atoms with Crippen molar-refractivity contribution in [1.29, 1.82) is 0 Å². The molecule has 1 heterocycles. The van der Waals surface area contributed by atoms with E-state index in [2.05, 4.69) is 26.6 Å². The van der Waals surface area contributed by atoms with Crippen LogP contribution >= 0.6 is 15.9 Å². The molecule has 0 aliphatic heterocycles. The molecule has 0 saturated carbocycles. The number of nitrogens with one attached hydrogen (secondary N) is 2. The van der Waals surface area contributed by atoms with Gasteiger partial charge in [0, 0.05) is 22.7 Å². The average Bonchev–Trinajstić information content (AvgIpc) is 3.21. The molecule has 0 spiro atoms. The zero-order valence-electron chi connectivity index (χ0n) is 15.0. The van der Waals surface area contributed by atoms with Gasteiger partial charge in [0.05, 0.1) is 6.26 Å². The minimum atomic E-state index is -0.379. The molecule has 1 aromatic heterocycles. The zero-order chi connectivity index (χ0) is 19.8. The third-order valence-corrected chi connectivity index (χ3v) is 4.44. The van der Waals surface area contributed by atoms with Crippen LogP contribution < -0.4 is 10.6 Å². The fourth-order valence-corrected chi connectivity index (χ4v) is 2.96. The van der Waals surface area contributed by atoms with Crippen molar-refractivity contribution in [2.75, 3.05) is 6.54 Å². The highest BCUT2D eigenvalue weighted by Gasteiger charge is 2.15. The normalized spacial score (nSPS) is 11.1. The first-order valence-electron chi connectivity index (χ1n) is 8.76. The van der Waals surface area contributed by atoms with Crippen molar-refractivity contribution in [3.63, 3.8) is 0 Å². The summed E-state index contributed by atoms with van der Waals surface area (Å²) < 4.78 is 6.06. The van der Waals surface area contributed by atoms with Crippen molar-refractivity contribution < 1.29 is 14.0 Å². The minimum Gasteiger partial charge on any atom is -0.465 e. The summed E-state index contributed by atoms with van der Waals surface area (Å²) in [5, 5.41) is 5.52. The molecule has 2 aromatic carbocycles. The molecular formula is C22H19BrN2O3. The Kier molecular flexibility index (Phi) is 6.81. The Labute approximate surface area is 171 Å². The van der Waals surface area contributed by atoms with Crippen molar-refractivity contribution in [1.82, 2.24) is 10.6 Å². The van der Waals surface area contributed by atoms with Crippen LogP contribution in [0.3, 0.4) is 0 Å². The van der Waals surface area contributed by atoms with Gasteiger partial charge in [-0.05, 0) is 42.3 Å². The maximum Gasteiger partial charge on any atom is 0.267 e. The summed E-state index contributed by atoms with van der Waals surface area (Å²) in [6.45, 7) is 0.450. The van der Waals surface area contributed by atoms with E-state index >= 15 is 0 Å². The summed E-state index contributed by atoms with van der Waals surface area (Å²) in [6, 6.07) is 20.2. The molecule has 3 aromatic rings. The number of hydrogen-bond acceptors (Lipinski definition) is 3. The van der Waals surface area contributed by atoms with E-state index in [0.717, 1.165) is 10.0 Å². The Morgan fingerprint density at radius 2 is 1.82 bits per heavy atom. The lowest BCUT2D eigenvalue weighted by Gasteiger charge is -2.11. The summed E-state index contributed by atoms with van der Waals surface area (Å²) in [5.41, 5.74) is 1.68. The van der Waals surface area contributed by atoms with Crippen molar-refractivity contribution in [3.8, 4) is 0 Å². The van der Waals surface area contributed by atoms with Crippen LogP contribution in [0.1, 0.15) is 21.7 Å². The van der Waals surface area contributed by atoms with Crippen molar-refractivity contribution >= 4 is 33.8 Å². The van der Waals surface area contributed by atoms with Crippen LogP contribution in [-0.2, 0) is 11.2 Å². The number of carbonyl (C=O) groups is 2. The first-order chi connectivity index (χ1) is 13.6. The Morgan fingerprint density at radius 3 is 2.54 bits per heavy atom. The van der Waals surface area contributed by atoms with E-state index in [0.29, 0.717) is 24.3 Å². The van der Waals surface area contributed by atoms with Gasteiger partial charge < -0.3 is 15.1 Å². The van der Waals surface area contributed by atoms with Gasteiger partial charge in [0.1, 0.15) is 11.5 Å². The van der Waals surface area contributed by atoms with Crippen molar-refractivity contribution in [3.05, 3.63) is 100 Å². The predicted molar refractivity (Wildman–Crippen MR) is 111 cm³/mol. The molecule has 2 N–H and O–H groups in total. The van der Waals surface area contributed by atoms with Gasteiger partial charge in [-0.25, -0.2) is 0 Å².